The molecule has 0 aromatic carbocycles. The second kappa shape index (κ2) is 6.07. The van der Waals surface area contributed by atoms with Gasteiger partial charge in [0.2, 0.25) is 0 Å². The quantitative estimate of drug-likeness (QED) is 0.418. The maximum absolute atomic E-state index is 5.44. The highest BCUT2D eigenvalue weighted by Gasteiger charge is 2.09. The number of rotatable bonds is 6. The highest BCUT2D eigenvalue weighted by Crippen LogP contribution is 2.18. The fourth-order valence-corrected chi connectivity index (χ4v) is 2.04. The van der Waals surface area contributed by atoms with Crippen molar-refractivity contribution in [2.75, 3.05) is 11.5 Å². The first-order chi connectivity index (χ1) is 6.38. The van der Waals surface area contributed by atoms with E-state index in [1.54, 1.807) is 12.5 Å². The maximum atomic E-state index is 5.44. The molecule has 1 unspecified atom stereocenters. The van der Waals surface area contributed by atoms with Crippen molar-refractivity contribution in [1.29, 1.82) is 0 Å². The Morgan fingerprint density at radius 3 is 3.08 bits per heavy atom. The van der Waals surface area contributed by atoms with Gasteiger partial charge in [0.1, 0.15) is 0 Å². The number of hydrogen-bond donors (Lipinski definition) is 2. The van der Waals surface area contributed by atoms with Crippen LogP contribution in [-0.2, 0) is 0 Å². The van der Waals surface area contributed by atoms with Crippen LogP contribution < -0.4 is 11.3 Å². The number of hydrazine groups is 1. The summed E-state index contributed by atoms with van der Waals surface area (Å²) in [6, 6.07) is 2.15. The van der Waals surface area contributed by atoms with Crippen LogP contribution in [0.15, 0.2) is 23.0 Å². The van der Waals surface area contributed by atoms with E-state index in [0.29, 0.717) is 0 Å². The summed E-state index contributed by atoms with van der Waals surface area (Å²) in [6.45, 7) is 2.18. The molecule has 0 fully saturated rings. The summed E-state index contributed by atoms with van der Waals surface area (Å²) in [7, 11) is 0. The SMILES string of the molecule is CCCSCC(NN)c1ccoc1. The fourth-order valence-electron chi connectivity index (χ4n) is 1.06. The summed E-state index contributed by atoms with van der Waals surface area (Å²) in [5.41, 5.74) is 3.90. The Hall–Kier alpha value is -0.450. The third-order valence-electron chi connectivity index (χ3n) is 1.78. The molecule has 4 heteroatoms. The van der Waals surface area contributed by atoms with E-state index < -0.39 is 0 Å². The molecular weight excluding hydrogens is 184 g/mol. The van der Waals surface area contributed by atoms with Gasteiger partial charge >= 0.3 is 0 Å². The molecule has 0 aliphatic carbocycles. The Bertz CT molecular complexity index is 213. The van der Waals surface area contributed by atoms with Gasteiger partial charge in [-0.15, -0.1) is 0 Å². The first kappa shape index (κ1) is 10.6. The summed E-state index contributed by atoms with van der Waals surface area (Å²) in [4.78, 5) is 0. The van der Waals surface area contributed by atoms with E-state index in [1.165, 1.54) is 12.2 Å². The van der Waals surface area contributed by atoms with Gasteiger partial charge in [-0.05, 0) is 18.2 Å². The average Bonchev–Trinajstić information content (AvgIpc) is 2.65. The lowest BCUT2D eigenvalue weighted by Gasteiger charge is -2.12. The van der Waals surface area contributed by atoms with Gasteiger partial charge in [0.15, 0.2) is 0 Å². The predicted molar refractivity (Wildman–Crippen MR) is 56.4 cm³/mol. The molecule has 0 bridgehead atoms. The molecule has 13 heavy (non-hydrogen) atoms. The van der Waals surface area contributed by atoms with Gasteiger partial charge in [0.25, 0.3) is 0 Å². The lowest BCUT2D eigenvalue weighted by Crippen LogP contribution is -2.29. The Kier molecular flexibility index (Phi) is 4.97. The van der Waals surface area contributed by atoms with Crippen LogP contribution in [0.3, 0.4) is 0 Å². The zero-order valence-corrected chi connectivity index (χ0v) is 8.64. The molecule has 1 aromatic rings. The third kappa shape index (κ3) is 3.42. The molecule has 0 amide bonds. The summed E-state index contributed by atoms with van der Waals surface area (Å²) in [6.07, 6.45) is 4.61. The van der Waals surface area contributed by atoms with Gasteiger partial charge in [-0.1, -0.05) is 6.92 Å². The highest BCUT2D eigenvalue weighted by atomic mass is 32.2. The molecule has 74 valence electrons. The van der Waals surface area contributed by atoms with E-state index in [2.05, 4.69) is 12.3 Å². The van der Waals surface area contributed by atoms with Crippen LogP contribution >= 0.6 is 11.8 Å². The molecule has 1 heterocycles. The minimum absolute atomic E-state index is 0.204. The van der Waals surface area contributed by atoms with Gasteiger partial charge in [-0.25, -0.2) is 0 Å². The van der Waals surface area contributed by atoms with Crippen molar-refractivity contribution >= 4 is 11.8 Å². The van der Waals surface area contributed by atoms with Crippen molar-refractivity contribution in [2.45, 2.75) is 19.4 Å². The van der Waals surface area contributed by atoms with Crippen molar-refractivity contribution < 1.29 is 4.42 Å². The maximum Gasteiger partial charge on any atom is 0.0951 e. The topological polar surface area (TPSA) is 51.2 Å². The number of hydrogen-bond acceptors (Lipinski definition) is 4. The molecule has 1 atom stereocenters. The summed E-state index contributed by atoms with van der Waals surface area (Å²) >= 11 is 1.90. The molecule has 0 aliphatic rings. The molecule has 0 saturated heterocycles. The minimum Gasteiger partial charge on any atom is -0.472 e. The van der Waals surface area contributed by atoms with Crippen LogP contribution in [0.25, 0.3) is 0 Å². The first-order valence-electron chi connectivity index (χ1n) is 4.44. The van der Waals surface area contributed by atoms with Crippen molar-refractivity contribution in [3.8, 4) is 0 Å². The number of nitrogens with one attached hydrogen (secondary N) is 1. The van der Waals surface area contributed by atoms with Crippen molar-refractivity contribution in [1.82, 2.24) is 5.43 Å². The summed E-state index contributed by atoms with van der Waals surface area (Å²) < 4.78 is 5.00. The smallest absolute Gasteiger partial charge is 0.0951 e. The summed E-state index contributed by atoms with van der Waals surface area (Å²) in [5.74, 6) is 7.61. The minimum atomic E-state index is 0.204. The zero-order chi connectivity index (χ0) is 9.52. The van der Waals surface area contributed by atoms with E-state index >= 15 is 0 Å². The monoisotopic (exact) mass is 200 g/mol. The molecule has 0 saturated carbocycles. The molecular formula is C9H16N2OS. The van der Waals surface area contributed by atoms with Gasteiger partial charge in [0, 0.05) is 11.3 Å². The Morgan fingerprint density at radius 2 is 2.54 bits per heavy atom. The van der Waals surface area contributed by atoms with Crippen LogP contribution in [0.1, 0.15) is 24.9 Å². The zero-order valence-electron chi connectivity index (χ0n) is 7.82. The molecule has 1 rings (SSSR count). The predicted octanol–water partition coefficient (Wildman–Crippen LogP) is 1.93. The lowest BCUT2D eigenvalue weighted by atomic mass is 10.2. The largest absolute Gasteiger partial charge is 0.472 e. The third-order valence-corrected chi connectivity index (χ3v) is 3.05. The van der Waals surface area contributed by atoms with Crippen molar-refractivity contribution in [3.63, 3.8) is 0 Å². The van der Waals surface area contributed by atoms with Crippen LogP contribution in [0, 0.1) is 0 Å². The summed E-state index contributed by atoms with van der Waals surface area (Å²) in [5, 5.41) is 0. The van der Waals surface area contributed by atoms with Gasteiger partial charge in [-0.2, -0.15) is 11.8 Å². The van der Waals surface area contributed by atoms with Crippen molar-refractivity contribution in [3.05, 3.63) is 24.2 Å². The normalized spacial score (nSPS) is 13.1. The Morgan fingerprint density at radius 1 is 1.69 bits per heavy atom. The van der Waals surface area contributed by atoms with Crippen LogP contribution in [-0.4, -0.2) is 11.5 Å². The standard InChI is InChI=1S/C9H16N2OS/c1-2-5-13-7-9(11-10)8-3-4-12-6-8/h3-4,6,9,11H,2,5,7,10H2,1H3. The number of furan rings is 1. The molecule has 1 aromatic heterocycles. The second-order valence-electron chi connectivity index (χ2n) is 2.85. The van der Waals surface area contributed by atoms with E-state index in [0.717, 1.165) is 11.3 Å². The Labute approximate surface area is 83.0 Å². The number of nitrogens with two attached hydrogens (primary N) is 1. The first-order valence-corrected chi connectivity index (χ1v) is 5.60. The van der Waals surface area contributed by atoms with Crippen LogP contribution in [0.4, 0.5) is 0 Å². The molecule has 0 spiro atoms. The average molecular weight is 200 g/mol. The van der Waals surface area contributed by atoms with E-state index in [1.807, 2.05) is 17.8 Å². The molecule has 0 aliphatic heterocycles. The van der Waals surface area contributed by atoms with Gasteiger partial charge in [-0.3, -0.25) is 11.3 Å². The second-order valence-corrected chi connectivity index (χ2v) is 4.00. The van der Waals surface area contributed by atoms with E-state index in [-0.39, 0.29) is 6.04 Å². The van der Waals surface area contributed by atoms with Crippen molar-refractivity contribution in [2.24, 2.45) is 5.84 Å². The molecule has 0 radical (unpaired) electrons. The highest BCUT2D eigenvalue weighted by molar-refractivity contribution is 7.99. The molecule has 3 nitrogen and oxygen atoms in total. The fraction of sp³-hybridized carbons (Fsp3) is 0.556. The van der Waals surface area contributed by atoms with Crippen LogP contribution in [0.5, 0.6) is 0 Å². The van der Waals surface area contributed by atoms with Gasteiger partial charge in [0.05, 0.1) is 18.6 Å². The van der Waals surface area contributed by atoms with E-state index in [9.17, 15) is 0 Å². The molecule has 3 N–H and O–H groups in total. The van der Waals surface area contributed by atoms with E-state index in [4.69, 9.17) is 10.3 Å². The van der Waals surface area contributed by atoms with Gasteiger partial charge < -0.3 is 4.42 Å². The number of thioether (sulfide) groups is 1. The van der Waals surface area contributed by atoms with Crippen LogP contribution in [0.2, 0.25) is 0 Å². The lowest BCUT2D eigenvalue weighted by molar-refractivity contribution is 0.548. The Balaban J connectivity index is 2.35.